The van der Waals surface area contributed by atoms with Gasteiger partial charge in [-0.25, -0.2) is 0 Å². The van der Waals surface area contributed by atoms with E-state index in [1.807, 2.05) is 0 Å². The van der Waals surface area contributed by atoms with Crippen LogP contribution >= 0.6 is 0 Å². The lowest BCUT2D eigenvalue weighted by atomic mass is 10.1. The quantitative estimate of drug-likeness (QED) is 0.917. The highest BCUT2D eigenvalue weighted by Crippen LogP contribution is 2.52. The number of benzene rings is 1. The van der Waals surface area contributed by atoms with Crippen LogP contribution in [0.4, 0.5) is 0 Å². The number of carbonyl (C=O) groups is 1. The molecule has 1 aromatic rings. The number of rotatable bonds is 3. The van der Waals surface area contributed by atoms with E-state index in [0.29, 0.717) is 6.04 Å². The van der Waals surface area contributed by atoms with Gasteiger partial charge in [-0.2, -0.15) is 0 Å². The van der Waals surface area contributed by atoms with E-state index in [1.165, 1.54) is 11.1 Å². The van der Waals surface area contributed by atoms with Crippen LogP contribution in [-0.2, 0) is 4.79 Å². The first kappa shape index (κ1) is 13.6. The Morgan fingerprint density at radius 1 is 1.35 bits per heavy atom. The lowest BCUT2D eigenvalue weighted by Gasteiger charge is -2.27. The van der Waals surface area contributed by atoms with E-state index in [0.717, 1.165) is 12.8 Å². The molecular weight excluding hydrogens is 248 g/mol. The van der Waals surface area contributed by atoms with Crippen LogP contribution in [0.25, 0.3) is 0 Å². The minimum atomic E-state index is -0.0315. The van der Waals surface area contributed by atoms with Crippen LogP contribution in [0.5, 0.6) is 0 Å². The summed E-state index contributed by atoms with van der Waals surface area (Å²) >= 11 is 0. The van der Waals surface area contributed by atoms with Crippen molar-refractivity contribution in [1.29, 1.82) is 0 Å². The first-order valence-corrected chi connectivity index (χ1v) is 7.59. The van der Waals surface area contributed by atoms with Gasteiger partial charge in [-0.15, -0.1) is 0 Å². The predicted octanol–water partition coefficient (Wildman–Crippen LogP) is 3.00. The van der Waals surface area contributed by atoms with E-state index in [1.54, 1.807) is 0 Å². The Morgan fingerprint density at radius 2 is 2.00 bits per heavy atom. The molecule has 1 saturated heterocycles. The van der Waals surface area contributed by atoms with Gasteiger partial charge >= 0.3 is 0 Å². The Kier molecular flexibility index (Phi) is 3.13. The van der Waals surface area contributed by atoms with Crippen LogP contribution in [0.2, 0.25) is 0 Å². The molecule has 3 nitrogen and oxygen atoms in total. The van der Waals surface area contributed by atoms with Crippen molar-refractivity contribution in [3.05, 3.63) is 35.4 Å². The number of nitrogens with zero attached hydrogens (tertiary/aromatic N) is 1. The third-order valence-corrected chi connectivity index (χ3v) is 4.88. The maximum atomic E-state index is 12.7. The van der Waals surface area contributed by atoms with Crippen LogP contribution in [0, 0.1) is 12.3 Å². The number of aryl methyl sites for hydroxylation is 1. The lowest BCUT2D eigenvalue weighted by Crippen LogP contribution is -2.35. The van der Waals surface area contributed by atoms with E-state index in [2.05, 4.69) is 62.2 Å². The Balaban J connectivity index is 1.96. The number of amides is 1. The monoisotopic (exact) mass is 272 g/mol. The maximum absolute atomic E-state index is 12.7. The summed E-state index contributed by atoms with van der Waals surface area (Å²) in [5.74, 6) is 0.274. The zero-order valence-electron chi connectivity index (χ0n) is 12.8. The minimum absolute atomic E-state index is 0.0315. The van der Waals surface area contributed by atoms with E-state index in [9.17, 15) is 4.79 Å². The van der Waals surface area contributed by atoms with Crippen molar-refractivity contribution in [1.82, 2.24) is 10.2 Å². The summed E-state index contributed by atoms with van der Waals surface area (Å²) in [7, 11) is 0. The van der Waals surface area contributed by atoms with Gasteiger partial charge in [0.05, 0.1) is 6.04 Å². The van der Waals surface area contributed by atoms with Crippen LogP contribution in [-0.4, -0.2) is 22.9 Å². The summed E-state index contributed by atoms with van der Waals surface area (Å²) in [6.45, 7) is 8.70. The molecule has 1 aliphatic heterocycles. The van der Waals surface area contributed by atoms with Gasteiger partial charge in [-0.3, -0.25) is 10.1 Å². The molecular formula is C17H24N2O. The van der Waals surface area contributed by atoms with Gasteiger partial charge in [0.1, 0.15) is 6.17 Å². The van der Waals surface area contributed by atoms with Gasteiger partial charge in [-0.1, -0.05) is 45.0 Å². The molecule has 1 N–H and O–H groups in total. The summed E-state index contributed by atoms with van der Waals surface area (Å²) in [5.41, 5.74) is 2.75. The standard InChI is InChI=1S/C17H24N2O/c1-5-13-16(20)19(14-10-17(14,3)4)15(18-13)12-9-7-6-8-11(12)2/h6-9,13-15,18H,5,10H2,1-4H3. The van der Waals surface area contributed by atoms with Crippen molar-refractivity contribution in [2.45, 2.75) is 58.8 Å². The highest BCUT2D eigenvalue weighted by atomic mass is 16.2. The third kappa shape index (κ3) is 2.05. The third-order valence-electron chi connectivity index (χ3n) is 4.88. The van der Waals surface area contributed by atoms with Gasteiger partial charge in [0, 0.05) is 6.04 Å². The summed E-state index contributed by atoms with van der Waals surface area (Å²) in [6.07, 6.45) is 2.00. The number of nitrogens with one attached hydrogen (secondary N) is 1. The zero-order chi connectivity index (χ0) is 14.5. The number of hydrogen-bond donors (Lipinski definition) is 1. The molecule has 0 radical (unpaired) electrons. The molecule has 3 rings (SSSR count). The Morgan fingerprint density at radius 3 is 2.55 bits per heavy atom. The molecule has 2 aliphatic rings. The Bertz CT molecular complexity index is 538. The molecule has 2 fully saturated rings. The second-order valence-electron chi connectivity index (χ2n) is 6.84. The average molecular weight is 272 g/mol. The number of carbonyl (C=O) groups excluding carboxylic acids is 1. The molecule has 1 saturated carbocycles. The van der Waals surface area contributed by atoms with Gasteiger partial charge < -0.3 is 4.90 Å². The van der Waals surface area contributed by atoms with Gasteiger partial charge in [0.25, 0.3) is 0 Å². The molecule has 0 spiro atoms. The van der Waals surface area contributed by atoms with E-state index >= 15 is 0 Å². The van der Waals surface area contributed by atoms with E-state index in [-0.39, 0.29) is 23.5 Å². The minimum Gasteiger partial charge on any atom is -0.318 e. The van der Waals surface area contributed by atoms with Crippen LogP contribution < -0.4 is 5.32 Å². The maximum Gasteiger partial charge on any atom is 0.241 e. The first-order chi connectivity index (χ1) is 9.45. The van der Waals surface area contributed by atoms with Crippen LogP contribution in [0.15, 0.2) is 24.3 Å². The Hall–Kier alpha value is -1.35. The smallest absolute Gasteiger partial charge is 0.241 e. The molecule has 3 atom stereocenters. The topological polar surface area (TPSA) is 32.3 Å². The van der Waals surface area contributed by atoms with Crippen molar-refractivity contribution in [2.75, 3.05) is 0 Å². The van der Waals surface area contributed by atoms with Crippen molar-refractivity contribution in [3.8, 4) is 0 Å². The largest absolute Gasteiger partial charge is 0.318 e. The van der Waals surface area contributed by atoms with Gasteiger partial charge in [0.2, 0.25) is 5.91 Å². The van der Waals surface area contributed by atoms with Crippen molar-refractivity contribution >= 4 is 5.91 Å². The van der Waals surface area contributed by atoms with Crippen molar-refractivity contribution in [2.24, 2.45) is 5.41 Å². The van der Waals surface area contributed by atoms with E-state index in [4.69, 9.17) is 0 Å². The summed E-state index contributed by atoms with van der Waals surface area (Å²) < 4.78 is 0. The van der Waals surface area contributed by atoms with Crippen LogP contribution in [0.1, 0.15) is 50.9 Å². The fourth-order valence-corrected chi connectivity index (χ4v) is 3.32. The zero-order valence-corrected chi connectivity index (χ0v) is 12.8. The second kappa shape index (κ2) is 4.59. The predicted molar refractivity (Wildman–Crippen MR) is 80.2 cm³/mol. The fourth-order valence-electron chi connectivity index (χ4n) is 3.32. The molecule has 1 amide bonds. The Labute approximate surface area is 121 Å². The average Bonchev–Trinajstić information content (AvgIpc) is 2.90. The summed E-state index contributed by atoms with van der Waals surface area (Å²) in [6, 6.07) is 8.72. The normalized spacial score (nSPS) is 31.7. The molecule has 108 valence electrons. The van der Waals surface area contributed by atoms with Crippen LogP contribution in [0.3, 0.4) is 0 Å². The highest BCUT2D eigenvalue weighted by Gasteiger charge is 2.56. The van der Waals surface area contributed by atoms with Crippen molar-refractivity contribution < 1.29 is 4.79 Å². The molecule has 1 aromatic carbocycles. The molecule has 3 unspecified atom stereocenters. The van der Waals surface area contributed by atoms with E-state index < -0.39 is 0 Å². The molecule has 1 aliphatic carbocycles. The van der Waals surface area contributed by atoms with Gasteiger partial charge in [0.15, 0.2) is 0 Å². The van der Waals surface area contributed by atoms with Crippen molar-refractivity contribution in [3.63, 3.8) is 0 Å². The first-order valence-electron chi connectivity index (χ1n) is 7.59. The molecule has 1 heterocycles. The fraction of sp³-hybridized carbons (Fsp3) is 0.588. The summed E-state index contributed by atoms with van der Waals surface area (Å²) in [4.78, 5) is 14.8. The SMILES string of the molecule is CCC1NC(c2ccccc2C)N(C2CC2(C)C)C1=O. The molecule has 3 heteroatoms. The molecule has 20 heavy (non-hydrogen) atoms. The van der Waals surface area contributed by atoms with Gasteiger partial charge in [-0.05, 0) is 36.3 Å². The number of hydrogen-bond acceptors (Lipinski definition) is 2. The second-order valence-corrected chi connectivity index (χ2v) is 6.84. The molecule has 0 aromatic heterocycles. The lowest BCUT2D eigenvalue weighted by molar-refractivity contribution is -0.131. The highest BCUT2D eigenvalue weighted by molar-refractivity contribution is 5.85. The molecule has 0 bridgehead atoms. The summed E-state index contributed by atoms with van der Waals surface area (Å²) in [5, 5.41) is 3.53.